The Balaban J connectivity index is 2.50. The second-order valence-corrected chi connectivity index (χ2v) is 3.10. The SMILES string of the molecule is O=C=NC1(CCCl)CCC1. The highest BCUT2D eigenvalue weighted by molar-refractivity contribution is 6.17. The monoisotopic (exact) mass is 159 g/mol. The zero-order valence-corrected chi connectivity index (χ0v) is 6.52. The van der Waals surface area contributed by atoms with Crippen molar-refractivity contribution >= 4 is 17.7 Å². The Kier molecular flexibility index (Phi) is 2.47. The summed E-state index contributed by atoms with van der Waals surface area (Å²) in [7, 11) is 0. The van der Waals surface area contributed by atoms with E-state index in [1.165, 1.54) is 6.42 Å². The molecule has 0 N–H and O–H groups in total. The summed E-state index contributed by atoms with van der Waals surface area (Å²) in [6.07, 6.45) is 5.62. The van der Waals surface area contributed by atoms with Gasteiger partial charge in [0.25, 0.3) is 0 Å². The molecule has 1 aliphatic rings. The minimum atomic E-state index is -0.108. The van der Waals surface area contributed by atoms with Gasteiger partial charge in [-0.1, -0.05) is 0 Å². The molecule has 0 spiro atoms. The number of rotatable bonds is 3. The van der Waals surface area contributed by atoms with Crippen molar-refractivity contribution in [2.75, 3.05) is 5.88 Å². The molecule has 0 unspecified atom stereocenters. The molecule has 0 bridgehead atoms. The molecule has 0 aliphatic heterocycles. The first-order valence-corrected chi connectivity index (χ1v) is 4.01. The number of alkyl halides is 1. The fourth-order valence-corrected chi connectivity index (χ4v) is 1.63. The van der Waals surface area contributed by atoms with Gasteiger partial charge < -0.3 is 0 Å². The van der Waals surface area contributed by atoms with Gasteiger partial charge in [0.05, 0.1) is 5.54 Å². The average Bonchev–Trinajstić information content (AvgIpc) is 1.84. The maximum atomic E-state index is 9.95. The van der Waals surface area contributed by atoms with Crippen LogP contribution in [0.2, 0.25) is 0 Å². The van der Waals surface area contributed by atoms with Crippen molar-refractivity contribution in [3.63, 3.8) is 0 Å². The van der Waals surface area contributed by atoms with Crippen molar-refractivity contribution in [1.29, 1.82) is 0 Å². The highest BCUT2D eigenvalue weighted by Crippen LogP contribution is 2.38. The van der Waals surface area contributed by atoms with E-state index in [1.54, 1.807) is 6.08 Å². The van der Waals surface area contributed by atoms with Gasteiger partial charge in [-0.05, 0) is 25.7 Å². The largest absolute Gasteiger partial charge is 0.235 e. The molecule has 0 heterocycles. The molecule has 1 fully saturated rings. The Hall–Kier alpha value is -0.330. The summed E-state index contributed by atoms with van der Waals surface area (Å²) in [4.78, 5) is 13.7. The average molecular weight is 160 g/mol. The molecule has 0 radical (unpaired) electrons. The predicted molar refractivity (Wildman–Crippen MR) is 40.0 cm³/mol. The number of hydrogen-bond donors (Lipinski definition) is 0. The molecule has 2 nitrogen and oxygen atoms in total. The van der Waals surface area contributed by atoms with Crippen LogP contribution < -0.4 is 0 Å². The van der Waals surface area contributed by atoms with Crippen LogP contribution in [0.4, 0.5) is 0 Å². The lowest BCUT2D eigenvalue weighted by Crippen LogP contribution is -2.35. The van der Waals surface area contributed by atoms with Gasteiger partial charge in [-0.2, -0.15) is 4.99 Å². The maximum Gasteiger partial charge on any atom is 0.235 e. The van der Waals surface area contributed by atoms with Crippen molar-refractivity contribution in [2.24, 2.45) is 4.99 Å². The first-order chi connectivity index (χ1) is 4.83. The Morgan fingerprint density at radius 1 is 1.60 bits per heavy atom. The van der Waals surface area contributed by atoms with Gasteiger partial charge in [0, 0.05) is 5.88 Å². The third kappa shape index (κ3) is 1.39. The normalized spacial score (nSPS) is 20.9. The fraction of sp³-hybridized carbons (Fsp3) is 0.857. The second kappa shape index (κ2) is 3.18. The second-order valence-electron chi connectivity index (χ2n) is 2.72. The maximum absolute atomic E-state index is 9.95. The van der Waals surface area contributed by atoms with E-state index in [9.17, 15) is 4.79 Å². The van der Waals surface area contributed by atoms with Gasteiger partial charge in [0.15, 0.2) is 0 Å². The van der Waals surface area contributed by atoms with Crippen LogP contribution in [0.5, 0.6) is 0 Å². The van der Waals surface area contributed by atoms with Crippen LogP contribution in [0.1, 0.15) is 25.7 Å². The number of isocyanates is 1. The molecular formula is C7H10ClNO. The highest BCUT2D eigenvalue weighted by Gasteiger charge is 2.35. The molecule has 0 aromatic carbocycles. The van der Waals surface area contributed by atoms with Crippen LogP contribution in [-0.2, 0) is 4.79 Å². The molecule has 1 saturated carbocycles. The lowest BCUT2D eigenvalue weighted by Gasteiger charge is -2.35. The standard InChI is InChI=1S/C7H10ClNO/c8-5-4-7(9-6-10)2-1-3-7/h1-5H2. The Morgan fingerprint density at radius 2 is 2.30 bits per heavy atom. The van der Waals surface area contributed by atoms with Gasteiger partial charge >= 0.3 is 0 Å². The zero-order chi connectivity index (χ0) is 7.45. The smallest absolute Gasteiger partial charge is 0.211 e. The number of carbonyl (C=O) groups excluding carboxylic acids is 1. The number of halogens is 1. The molecule has 1 rings (SSSR count). The van der Waals surface area contributed by atoms with E-state index >= 15 is 0 Å². The van der Waals surface area contributed by atoms with Gasteiger partial charge in [-0.15, -0.1) is 11.6 Å². The molecular weight excluding hydrogens is 150 g/mol. The van der Waals surface area contributed by atoms with Crippen molar-refractivity contribution in [2.45, 2.75) is 31.2 Å². The highest BCUT2D eigenvalue weighted by atomic mass is 35.5. The van der Waals surface area contributed by atoms with E-state index in [2.05, 4.69) is 4.99 Å². The predicted octanol–water partition coefficient (Wildman–Crippen LogP) is 1.87. The van der Waals surface area contributed by atoms with E-state index in [-0.39, 0.29) is 5.54 Å². The third-order valence-corrected chi connectivity index (χ3v) is 2.32. The van der Waals surface area contributed by atoms with Gasteiger partial charge in [0.1, 0.15) is 0 Å². The summed E-state index contributed by atoms with van der Waals surface area (Å²) in [5.74, 6) is 0.588. The minimum Gasteiger partial charge on any atom is -0.211 e. The third-order valence-electron chi connectivity index (χ3n) is 2.13. The van der Waals surface area contributed by atoms with Crippen LogP contribution in [0.25, 0.3) is 0 Å². The van der Waals surface area contributed by atoms with Gasteiger partial charge in [0.2, 0.25) is 6.08 Å². The molecule has 3 heteroatoms. The van der Waals surface area contributed by atoms with Crippen molar-refractivity contribution in [1.82, 2.24) is 0 Å². The quantitative estimate of drug-likeness (QED) is 0.351. The summed E-state index contributed by atoms with van der Waals surface area (Å²) in [6, 6.07) is 0. The van der Waals surface area contributed by atoms with Crippen molar-refractivity contribution < 1.29 is 4.79 Å². The molecule has 10 heavy (non-hydrogen) atoms. The molecule has 0 aromatic heterocycles. The zero-order valence-electron chi connectivity index (χ0n) is 5.77. The fourth-order valence-electron chi connectivity index (χ4n) is 1.28. The van der Waals surface area contributed by atoms with Crippen LogP contribution in [0.3, 0.4) is 0 Å². The Labute approximate surface area is 65.3 Å². The van der Waals surface area contributed by atoms with E-state index in [0.29, 0.717) is 5.88 Å². The Morgan fingerprint density at radius 3 is 2.60 bits per heavy atom. The van der Waals surface area contributed by atoms with Gasteiger partial charge in [-0.3, -0.25) is 0 Å². The summed E-state index contributed by atoms with van der Waals surface area (Å²) in [5, 5.41) is 0. The lowest BCUT2D eigenvalue weighted by atomic mass is 9.75. The van der Waals surface area contributed by atoms with Crippen LogP contribution in [0, 0.1) is 0 Å². The molecule has 0 saturated heterocycles. The lowest BCUT2D eigenvalue weighted by molar-refractivity contribution is 0.244. The first-order valence-electron chi connectivity index (χ1n) is 3.48. The van der Waals surface area contributed by atoms with Crippen molar-refractivity contribution in [3.05, 3.63) is 0 Å². The van der Waals surface area contributed by atoms with Gasteiger partial charge in [-0.25, -0.2) is 4.79 Å². The molecule has 0 aromatic rings. The molecule has 0 atom stereocenters. The molecule has 1 aliphatic carbocycles. The summed E-state index contributed by atoms with van der Waals surface area (Å²) in [5.41, 5.74) is -0.108. The number of aliphatic imine (C=N–C) groups is 1. The number of nitrogens with zero attached hydrogens (tertiary/aromatic N) is 1. The molecule has 0 amide bonds. The van der Waals surface area contributed by atoms with Crippen LogP contribution >= 0.6 is 11.6 Å². The summed E-state index contributed by atoms with van der Waals surface area (Å²) >= 11 is 5.54. The first kappa shape index (κ1) is 7.77. The topological polar surface area (TPSA) is 29.4 Å². The summed E-state index contributed by atoms with van der Waals surface area (Å²) < 4.78 is 0. The van der Waals surface area contributed by atoms with E-state index in [0.717, 1.165) is 19.3 Å². The van der Waals surface area contributed by atoms with Crippen LogP contribution in [0.15, 0.2) is 4.99 Å². The number of hydrogen-bond acceptors (Lipinski definition) is 2. The van der Waals surface area contributed by atoms with E-state index < -0.39 is 0 Å². The summed E-state index contributed by atoms with van der Waals surface area (Å²) in [6.45, 7) is 0. The van der Waals surface area contributed by atoms with Crippen molar-refractivity contribution in [3.8, 4) is 0 Å². The van der Waals surface area contributed by atoms with E-state index in [1.807, 2.05) is 0 Å². The Bertz CT molecular complexity index is 159. The van der Waals surface area contributed by atoms with E-state index in [4.69, 9.17) is 11.6 Å². The van der Waals surface area contributed by atoms with Crippen LogP contribution in [-0.4, -0.2) is 17.5 Å². The molecule has 56 valence electrons. The minimum absolute atomic E-state index is 0.108.